The maximum absolute atomic E-state index is 13.0. The first-order valence-electron chi connectivity index (χ1n) is 10.7. The van der Waals surface area contributed by atoms with Gasteiger partial charge in [0.15, 0.2) is 0 Å². The third-order valence-corrected chi connectivity index (χ3v) is 5.57. The van der Waals surface area contributed by atoms with Crippen LogP contribution in [0.3, 0.4) is 0 Å². The van der Waals surface area contributed by atoms with Gasteiger partial charge in [-0.1, -0.05) is 0 Å². The van der Waals surface area contributed by atoms with Crippen LogP contribution in [0.15, 0.2) is 24.3 Å². The molecule has 4 amide bonds. The molecule has 1 aromatic carbocycles. The van der Waals surface area contributed by atoms with Gasteiger partial charge in [0.1, 0.15) is 5.82 Å². The Morgan fingerprint density at radius 3 is 2.29 bits per heavy atom. The quantitative estimate of drug-likeness (QED) is 0.569. The maximum Gasteiger partial charge on any atom is 0.321 e. The van der Waals surface area contributed by atoms with Crippen molar-refractivity contribution in [1.29, 1.82) is 0 Å². The Bertz CT molecular complexity index is 747. The van der Waals surface area contributed by atoms with E-state index in [1.807, 2.05) is 0 Å². The monoisotopic (exact) mass is 435 g/mol. The van der Waals surface area contributed by atoms with E-state index < -0.39 is 11.8 Å². The lowest BCUT2D eigenvalue weighted by Crippen LogP contribution is -2.47. The number of benzene rings is 1. The molecular weight excluding hydrogens is 405 g/mol. The molecule has 2 aliphatic heterocycles. The summed E-state index contributed by atoms with van der Waals surface area (Å²) < 4.78 is 18.2. The molecule has 0 bridgehead atoms. The number of urea groups is 1. The molecule has 0 spiro atoms. The second kappa shape index (κ2) is 11.6. The number of nitrogens with one attached hydrogen (secondary N) is 3. The number of piperidine rings is 1. The first-order valence-corrected chi connectivity index (χ1v) is 10.7. The summed E-state index contributed by atoms with van der Waals surface area (Å²) in [4.78, 5) is 40.1. The second-order valence-corrected chi connectivity index (χ2v) is 7.79. The fourth-order valence-corrected chi connectivity index (χ4v) is 3.63. The van der Waals surface area contributed by atoms with Crippen LogP contribution in [0.5, 0.6) is 0 Å². The van der Waals surface area contributed by atoms with Crippen LogP contribution in [0.2, 0.25) is 0 Å². The SMILES string of the molecule is O=C(NCCN1CCOCC1)C(=O)NCC1CCN(C(=O)Nc2ccc(F)cc2)CC1. The molecule has 170 valence electrons. The van der Waals surface area contributed by atoms with Crippen LogP contribution in [0.4, 0.5) is 14.9 Å². The average molecular weight is 436 g/mol. The number of halogens is 1. The van der Waals surface area contributed by atoms with E-state index >= 15 is 0 Å². The zero-order chi connectivity index (χ0) is 22.1. The van der Waals surface area contributed by atoms with E-state index in [0.717, 1.165) is 25.9 Å². The Morgan fingerprint density at radius 1 is 0.968 bits per heavy atom. The molecule has 0 aromatic heterocycles. The molecule has 0 unspecified atom stereocenters. The highest BCUT2D eigenvalue weighted by Crippen LogP contribution is 2.18. The third kappa shape index (κ3) is 7.48. The highest BCUT2D eigenvalue weighted by molar-refractivity contribution is 6.35. The molecule has 1 aromatic rings. The number of hydrogen-bond acceptors (Lipinski definition) is 5. The van der Waals surface area contributed by atoms with Gasteiger partial charge in [-0.25, -0.2) is 9.18 Å². The van der Waals surface area contributed by atoms with Crippen molar-refractivity contribution < 1.29 is 23.5 Å². The first-order chi connectivity index (χ1) is 15.0. The molecule has 0 atom stereocenters. The number of hydrogen-bond donors (Lipinski definition) is 3. The number of nitrogens with zero attached hydrogens (tertiary/aromatic N) is 2. The van der Waals surface area contributed by atoms with Gasteiger partial charge in [-0.05, 0) is 43.0 Å². The van der Waals surface area contributed by atoms with Crippen LogP contribution < -0.4 is 16.0 Å². The number of amides is 4. The van der Waals surface area contributed by atoms with Crippen LogP contribution in [-0.4, -0.2) is 86.7 Å². The van der Waals surface area contributed by atoms with E-state index in [9.17, 15) is 18.8 Å². The predicted octanol–water partition coefficient (Wildman–Crippen LogP) is 0.634. The van der Waals surface area contributed by atoms with Crippen molar-refractivity contribution in [1.82, 2.24) is 20.4 Å². The van der Waals surface area contributed by atoms with Crippen LogP contribution in [-0.2, 0) is 14.3 Å². The molecule has 0 radical (unpaired) electrons. The van der Waals surface area contributed by atoms with Crippen molar-refractivity contribution >= 4 is 23.5 Å². The normalized spacial score (nSPS) is 17.8. The number of anilines is 1. The summed E-state index contributed by atoms with van der Waals surface area (Å²) >= 11 is 0. The van der Waals surface area contributed by atoms with E-state index in [1.54, 1.807) is 4.90 Å². The standard InChI is InChI=1S/C21H30FN5O4/c22-17-1-3-18(4-2-17)25-21(30)27-8-5-16(6-9-27)15-24-20(29)19(28)23-7-10-26-11-13-31-14-12-26/h1-4,16H,5-15H2,(H,23,28)(H,24,29)(H,25,30). The second-order valence-electron chi connectivity index (χ2n) is 7.79. The van der Waals surface area contributed by atoms with E-state index in [0.29, 0.717) is 51.6 Å². The average Bonchev–Trinajstić information content (AvgIpc) is 2.80. The van der Waals surface area contributed by atoms with Crippen LogP contribution in [0, 0.1) is 11.7 Å². The van der Waals surface area contributed by atoms with Gasteiger partial charge >= 0.3 is 17.8 Å². The van der Waals surface area contributed by atoms with Crippen molar-refractivity contribution in [2.75, 3.05) is 64.3 Å². The molecule has 2 aliphatic rings. The number of rotatable bonds is 6. The van der Waals surface area contributed by atoms with E-state index in [-0.39, 0.29) is 17.8 Å². The van der Waals surface area contributed by atoms with E-state index in [4.69, 9.17) is 4.74 Å². The molecule has 0 saturated carbocycles. The van der Waals surface area contributed by atoms with Gasteiger partial charge < -0.3 is 25.6 Å². The number of likely N-dealkylation sites (tertiary alicyclic amines) is 1. The summed E-state index contributed by atoms with van der Waals surface area (Å²) in [6.45, 7) is 5.70. The van der Waals surface area contributed by atoms with Gasteiger partial charge in [-0.2, -0.15) is 0 Å². The Hall–Kier alpha value is -2.72. The summed E-state index contributed by atoms with van der Waals surface area (Å²) in [5.74, 6) is -1.39. The smallest absolute Gasteiger partial charge is 0.321 e. The Balaban J connectivity index is 1.29. The zero-order valence-electron chi connectivity index (χ0n) is 17.6. The van der Waals surface area contributed by atoms with E-state index in [1.165, 1.54) is 24.3 Å². The molecule has 3 N–H and O–H groups in total. The molecule has 10 heteroatoms. The van der Waals surface area contributed by atoms with Crippen LogP contribution >= 0.6 is 0 Å². The zero-order valence-corrected chi connectivity index (χ0v) is 17.6. The van der Waals surface area contributed by atoms with Gasteiger partial charge in [0.2, 0.25) is 0 Å². The molecule has 2 fully saturated rings. The third-order valence-electron chi connectivity index (χ3n) is 5.57. The Morgan fingerprint density at radius 2 is 1.61 bits per heavy atom. The first kappa shape index (κ1) is 23.0. The molecule has 3 rings (SSSR count). The molecular formula is C21H30FN5O4. The van der Waals surface area contributed by atoms with Crippen molar-refractivity contribution in [3.8, 4) is 0 Å². The van der Waals surface area contributed by atoms with Gasteiger partial charge in [0.25, 0.3) is 0 Å². The molecule has 2 saturated heterocycles. The van der Waals surface area contributed by atoms with Crippen molar-refractivity contribution in [2.45, 2.75) is 12.8 Å². The minimum atomic E-state index is -0.626. The Kier molecular flexibility index (Phi) is 8.60. The van der Waals surface area contributed by atoms with Gasteiger partial charge in [-0.15, -0.1) is 0 Å². The maximum atomic E-state index is 13.0. The lowest BCUT2D eigenvalue weighted by atomic mass is 9.97. The van der Waals surface area contributed by atoms with Crippen molar-refractivity contribution in [3.05, 3.63) is 30.1 Å². The number of morpholine rings is 1. The minimum absolute atomic E-state index is 0.208. The van der Waals surface area contributed by atoms with Gasteiger partial charge in [-0.3, -0.25) is 14.5 Å². The fourth-order valence-electron chi connectivity index (χ4n) is 3.63. The largest absolute Gasteiger partial charge is 0.379 e. The summed E-state index contributed by atoms with van der Waals surface area (Å²) in [6, 6.07) is 5.39. The molecule has 9 nitrogen and oxygen atoms in total. The minimum Gasteiger partial charge on any atom is -0.379 e. The Labute approximate surface area is 181 Å². The number of ether oxygens (including phenoxy) is 1. The highest BCUT2D eigenvalue weighted by atomic mass is 19.1. The lowest BCUT2D eigenvalue weighted by Gasteiger charge is -2.32. The predicted molar refractivity (Wildman–Crippen MR) is 113 cm³/mol. The van der Waals surface area contributed by atoms with Gasteiger partial charge in [0.05, 0.1) is 13.2 Å². The topological polar surface area (TPSA) is 103 Å². The van der Waals surface area contributed by atoms with Crippen molar-refractivity contribution in [3.63, 3.8) is 0 Å². The van der Waals surface area contributed by atoms with E-state index in [2.05, 4.69) is 20.9 Å². The summed E-state index contributed by atoms with van der Waals surface area (Å²) in [5, 5.41) is 8.09. The number of carbonyl (C=O) groups is 3. The van der Waals surface area contributed by atoms with Crippen molar-refractivity contribution in [2.24, 2.45) is 5.92 Å². The van der Waals surface area contributed by atoms with Gasteiger partial charge in [0, 0.05) is 51.5 Å². The molecule has 2 heterocycles. The molecule has 31 heavy (non-hydrogen) atoms. The fraction of sp³-hybridized carbons (Fsp3) is 0.571. The number of carbonyl (C=O) groups excluding carboxylic acids is 3. The molecule has 0 aliphatic carbocycles. The van der Waals surface area contributed by atoms with Crippen LogP contribution in [0.1, 0.15) is 12.8 Å². The van der Waals surface area contributed by atoms with Crippen LogP contribution in [0.25, 0.3) is 0 Å². The lowest BCUT2D eigenvalue weighted by molar-refractivity contribution is -0.139. The summed E-state index contributed by atoms with van der Waals surface area (Å²) in [5.41, 5.74) is 0.542. The summed E-state index contributed by atoms with van der Waals surface area (Å²) in [7, 11) is 0. The summed E-state index contributed by atoms with van der Waals surface area (Å²) in [6.07, 6.45) is 1.46. The highest BCUT2D eigenvalue weighted by Gasteiger charge is 2.24.